The van der Waals surface area contributed by atoms with E-state index in [1.54, 1.807) is 68.6 Å². The number of nitrogens with one attached hydrogen (secondary N) is 2. The quantitative estimate of drug-likeness (QED) is 0.529. The van der Waals surface area contributed by atoms with Gasteiger partial charge in [0.05, 0.1) is 19.6 Å². The van der Waals surface area contributed by atoms with E-state index in [0.717, 1.165) is 11.3 Å². The van der Waals surface area contributed by atoms with Gasteiger partial charge >= 0.3 is 11.9 Å². The molecule has 0 bridgehead atoms. The van der Waals surface area contributed by atoms with Crippen molar-refractivity contribution in [3.8, 4) is 5.75 Å². The molecule has 2 atom stereocenters. The maximum Gasteiger partial charge on any atom is 0.308 e. The van der Waals surface area contributed by atoms with Crippen molar-refractivity contribution in [2.75, 3.05) is 7.11 Å². The molecule has 9 nitrogen and oxygen atoms in total. The average molecular weight is 442 g/mol. The molecule has 2 aromatic carbocycles. The number of rotatable bonds is 8. The van der Waals surface area contributed by atoms with Gasteiger partial charge in [-0.1, -0.05) is 37.3 Å². The van der Waals surface area contributed by atoms with Crippen molar-refractivity contribution in [2.24, 2.45) is 0 Å². The first kappa shape index (κ1) is 24.5. The molecule has 170 valence electrons. The van der Waals surface area contributed by atoms with E-state index in [1.807, 2.05) is 0 Å². The Balaban J connectivity index is 0.000000654. The van der Waals surface area contributed by atoms with E-state index < -0.39 is 24.1 Å². The van der Waals surface area contributed by atoms with Gasteiger partial charge in [0.1, 0.15) is 18.5 Å². The molecule has 3 N–H and O–H groups in total. The minimum atomic E-state index is -0.780. The Labute approximate surface area is 185 Å². The molecular weight excluding hydrogens is 416 g/mol. The number of benzene rings is 2. The number of carboxylic acids is 1. The summed E-state index contributed by atoms with van der Waals surface area (Å²) < 4.78 is 10.2. The highest BCUT2D eigenvalue weighted by molar-refractivity contribution is 6.02. The molecule has 0 aliphatic carbocycles. The van der Waals surface area contributed by atoms with Gasteiger partial charge in [-0.2, -0.15) is 0 Å². The van der Waals surface area contributed by atoms with Crippen LogP contribution in [0.5, 0.6) is 5.75 Å². The number of esters is 1. The number of ether oxygens (including phenoxy) is 2. The van der Waals surface area contributed by atoms with E-state index in [1.165, 1.54) is 0 Å². The zero-order chi connectivity index (χ0) is 23.5. The van der Waals surface area contributed by atoms with Gasteiger partial charge in [0.15, 0.2) is 5.78 Å². The Hall–Kier alpha value is -3.72. The standard InChI is InChI=1S/C20H20N2O5.C3H6O2/c1-26-15-9-7-13(8-10-15)12-27-17(23)11-16-18(24)19(21-16)22-20(25)14-5-3-2-4-6-14;1-2-3(4)5/h2-10,16,19,21H,11-12H2,1H3,(H,22,25);2H2,1H3,(H,4,5). The SMILES string of the molecule is CCC(=O)O.COc1ccc(COC(=O)CC2NC(NC(=O)c3ccccc3)C2=O)cc1. The van der Waals surface area contributed by atoms with Gasteiger partial charge in [-0.3, -0.25) is 24.5 Å². The molecule has 32 heavy (non-hydrogen) atoms. The number of carbonyl (C=O) groups is 4. The smallest absolute Gasteiger partial charge is 0.308 e. The van der Waals surface area contributed by atoms with E-state index in [9.17, 15) is 19.2 Å². The molecule has 0 saturated carbocycles. The fourth-order valence-corrected chi connectivity index (χ4v) is 2.66. The van der Waals surface area contributed by atoms with Gasteiger partial charge < -0.3 is 19.9 Å². The first-order valence-corrected chi connectivity index (χ1v) is 10.00. The van der Waals surface area contributed by atoms with Crippen LogP contribution in [0.25, 0.3) is 0 Å². The highest BCUT2D eigenvalue weighted by Crippen LogP contribution is 2.14. The number of amides is 1. The van der Waals surface area contributed by atoms with E-state index in [-0.39, 0.29) is 31.1 Å². The van der Waals surface area contributed by atoms with Crippen molar-refractivity contribution in [1.82, 2.24) is 10.6 Å². The highest BCUT2D eigenvalue weighted by Gasteiger charge is 2.41. The molecule has 1 saturated heterocycles. The second kappa shape index (κ2) is 12.2. The maximum absolute atomic E-state index is 12.1. The zero-order valence-corrected chi connectivity index (χ0v) is 17.9. The lowest BCUT2D eigenvalue weighted by Gasteiger charge is -2.35. The molecule has 2 unspecified atom stereocenters. The molecule has 1 fully saturated rings. The van der Waals surface area contributed by atoms with Gasteiger partial charge in [0.25, 0.3) is 5.91 Å². The van der Waals surface area contributed by atoms with Gasteiger partial charge in [0.2, 0.25) is 0 Å². The second-order valence-corrected chi connectivity index (χ2v) is 6.85. The topological polar surface area (TPSA) is 131 Å². The Morgan fingerprint density at radius 2 is 1.69 bits per heavy atom. The molecule has 1 aliphatic rings. The molecule has 0 aromatic heterocycles. The molecule has 3 rings (SSSR count). The van der Waals surface area contributed by atoms with Crippen LogP contribution >= 0.6 is 0 Å². The number of carboxylic acid groups (broad SMARTS) is 1. The predicted molar refractivity (Wildman–Crippen MR) is 115 cm³/mol. The van der Waals surface area contributed by atoms with Crippen molar-refractivity contribution in [3.63, 3.8) is 0 Å². The van der Waals surface area contributed by atoms with Crippen LogP contribution in [-0.2, 0) is 25.7 Å². The Morgan fingerprint density at radius 3 is 2.22 bits per heavy atom. The van der Waals surface area contributed by atoms with Crippen LogP contribution in [0.1, 0.15) is 35.7 Å². The van der Waals surface area contributed by atoms with E-state index in [0.29, 0.717) is 5.56 Å². The van der Waals surface area contributed by atoms with Crippen LogP contribution in [-0.4, -0.2) is 48.1 Å². The summed E-state index contributed by atoms with van der Waals surface area (Å²) in [6.45, 7) is 1.72. The van der Waals surface area contributed by atoms with E-state index in [4.69, 9.17) is 14.6 Å². The van der Waals surface area contributed by atoms with Crippen LogP contribution in [0, 0.1) is 0 Å². The summed E-state index contributed by atoms with van der Waals surface area (Å²) in [5.41, 5.74) is 1.29. The highest BCUT2D eigenvalue weighted by atomic mass is 16.5. The summed E-state index contributed by atoms with van der Waals surface area (Å²) in [4.78, 5) is 45.4. The zero-order valence-electron chi connectivity index (χ0n) is 17.9. The number of ketones is 1. The van der Waals surface area contributed by atoms with Gasteiger partial charge in [-0.05, 0) is 29.8 Å². The number of carbonyl (C=O) groups excluding carboxylic acids is 3. The van der Waals surface area contributed by atoms with Crippen molar-refractivity contribution in [2.45, 2.75) is 38.6 Å². The third kappa shape index (κ3) is 7.51. The Bertz CT molecular complexity index is 929. The molecule has 1 aliphatic heterocycles. The summed E-state index contributed by atoms with van der Waals surface area (Å²) in [6, 6.07) is 15.1. The number of aliphatic carboxylic acids is 1. The van der Waals surface area contributed by atoms with Crippen molar-refractivity contribution < 1.29 is 33.8 Å². The van der Waals surface area contributed by atoms with Gasteiger partial charge in [-0.25, -0.2) is 0 Å². The second-order valence-electron chi connectivity index (χ2n) is 6.85. The van der Waals surface area contributed by atoms with Crippen LogP contribution < -0.4 is 15.4 Å². The van der Waals surface area contributed by atoms with E-state index >= 15 is 0 Å². The third-order valence-corrected chi connectivity index (χ3v) is 4.54. The average Bonchev–Trinajstić information content (AvgIpc) is 2.82. The predicted octanol–water partition coefficient (Wildman–Crippen LogP) is 1.91. The van der Waals surface area contributed by atoms with Crippen LogP contribution in [0.4, 0.5) is 0 Å². The van der Waals surface area contributed by atoms with E-state index in [2.05, 4.69) is 10.6 Å². The molecule has 1 heterocycles. The molecule has 1 amide bonds. The minimum absolute atomic E-state index is 0.0767. The summed E-state index contributed by atoms with van der Waals surface area (Å²) >= 11 is 0. The van der Waals surface area contributed by atoms with Crippen LogP contribution in [0.2, 0.25) is 0 Å². The first-order valence-electron chi connectivity index (χ1n) is 10.00. The van der Waals surface area contributed by atoms with Crippen molar-refractivity contribution in [1.29, 1.82) is 0 Å². The van der Waals surface area contributed by atoms with Gasteiger partial charge in [0, 0.05) is 12.0 Å². The van der Waals surface area contributed by atoms with Crippen molar-refractivity contribution >= 4 is 23.6 Å². The Kier molecular flexibility index (Phi) is 9.37. The fraction of sp³-hybridized carbons (Fsp3) is 0.304. The monoisotopic (exact) mass is 442 g/mol. The summed E-state index contributed by atoms with van der Waals surface area (Å²) in [5.74, 6) is -1.09. The number of hydrogen-bond donors (Lipinski definition) is 3. The summed E-state index contributed by atoms with van der Waals surface area (Å²) in [7, 11) is 1.58. The van der Waals surface area contributed by atoms with Crippen molar-refractivity contribution in [3.05, 3.63) is 65.7 Å². The van der Waals surface area contributed by atoms with Crippen LogP contribution in [0.3, 0.4) is 0 Å². The lowest BCUT2D eigenvalue weighted by Crippen LogP contribution is -2.69. The number of Topliss-reactive ketones (excluding diaryl/α,β-unsaturated/α-hetero) is 1. The maximum atomic E-state index is 12.1. The summed E-state index contributed by atoms with van der Waals surface area (Å²) in [5, 5.41) is 13.2. The van der Waals surface area contributed by atoms with Gasteiger partial charge in [-0.15, -0.1) is 0 Å². The third-order valence-electron chi connectivity index (χ3n) is 4.54. The molecule has 2 aromatic rings. The molecule has 0 spiro atoms. The molecule has 9 heteroatoms. The molecular formula is C23H26N2O7. The lowest BCUT2D eigenvalue weighted by molar-refractivity contribution is -0.149. The largest absolute Gasteiger partial charge is 0.497 e. The lowest BCUT2D eigenvalue weighted by atomic mass is 9.97. The first-order chi connectivity index (χ1) is 15.3. The normalized spacial score (nSPS) is 16.6. The number of hydrogen-bond acceptors (Lipinski definition) is 7. The summed E-state index contributed by atoms with van der Waals surface area (Å²) in [6.07, 6.45) is -0.635. The Morgan fingerprint density at radius 1 is 1.06 bits per heavy atom. The number of methoxy groups -OCH3 is 1. The van der Waals surface area contributed by atoms with Crippen LogP contribution in [0.15, 0.2) is 54.6 Å². The molecule has 0 radical (unpaired) electrons. The fourth-order valence-electron chi connectivity index (χ4n) is 2.66. The minimum Gasteiger partial charge on any atom is -0.497 e.